The van der Waals surface area contributed by atoms with Crippen LogP contribution in [0, 0.1) is 0 Å². The van der Waals surface area contributed by atoms with Crippen LogP contribution in [0.25, 0.3) is 0 Å². The number of hydrogen-bond acceptors (Lipinski definition) is 4. The molecule has 6 heteroatoms. The lowest BCUT2D eigenvalue weighted by Crippen LogP contribution is -2.43. The molecule has 1 atom stereocenters. The molecule has 1 aromatic heterocycles. The van der Waals surface area contributed by atoms with Crippen LogP contribution >= 0.6 is 15.9 Å². The van der Waals surface area contributed by atoms with E-state index in [1.165, 1.54) is 5.56 Å². The summed E-state index contributed by atoms with van der Waals surface area (Å²) in [5.41, 5.74) is 1.19. The first kappa shape index (κ1) is 16.2. The van der Waals surface area contributed by atoms with Crippen molar-refractivity contribution in [1.29, 1.82) is 0 Å². The average molecular weight is 379 g/mol. The molecule has 23 heavy (non-hydrogen) atoms. The smallest absolute Gasteiger partial charge is 0.287 e. The molecule has 1 amide bonds. The molecule has 1 aromatic carbocycles. The number of morpholine rings is 1. The minimum Gasteiger partial charge on any atom is -0.444 e. The summed E-state index contributed by atoms with van der Waals surface area (Å²) < 4.78 is 11.3. The third-order valence-electron chi connectivity index (χ3n) is 3.92. The molecular weight excluding hydrogens is 360 g/mol. The topological polar surface area (TPSA) is 54.7 Å². The van der Waals surface area contributed by atoms with Crippen LogP contribution in [0.5, 0.6) is 0 Å². The SMILES string of the molecule is O=C(NCC(c1ccccc1)N1CCOCC1)c1ccc(Br)o1. The summed E-state index contributed by atoms with van der Waals surface area (Å²) in [4.78, 5) is 14.6. The van der Waals surface area contributed by atoms with E-state index in [0.717, 1.165) is 26.3 Å². The molecule has 1 fully saturated rings. The number of carbonyl (C=O) groups is 1. The van der Waals surface area contributed by atoms with E-state index in [-0.39, 0.29) is 11.9 Å². The van der Waals surface area contributed by atoms with Gasteiger partial charge in [0.05, 0.1) is 19.3 Å². The molecule has 2 heterocycles. The fourth-order valence-electron chi connectivity index (χ4n) is 2.73. The first-order chi connectivity index (χ1) is 11.2. The van der Waals surface area contributed by atoms with Crippen molar-refractivity contribution in [3.63, 3.8) is 0 Å². The van der Waals surface area contributed by atoms with Gasteiger partial charge in [0, 0.05) is 19.6 Å². The second kappa shape index (κ2) is 7.77. The molecular formula is C17H19BrN2O3. The Kier molecular flexibility index (Phi) is 5.48. The highest BCUT2D eigenvalue weighted by atomic mass is 79.9. The Balaban J connectivity index is 1.69. The van der Waals surface area contributed by atoms with E-state index in [1.54, 1.807) is 12.1 Å². The monoisotopic (exact) mass is 378 g/mol. The average Bonchev–Trinajstić information content (AvgIpc) is 3.03. The van der Waals surface area contributed by atoms with Crippen LogP contribution in [0.15, 0.2) is 51.6 Å². The standard InChI is InChI=1S/C17H19BrN2O3/c18-16-7-6-15(23-16)17(21)19-12-14(13-4-2-1-3-5-13)20-8-10-22-11-9-20/h1-7,14H,8-12H2,(H,19,21). The lowest BCUT2D eigenvalue weighted by atomic mass is 10.0. The van der Waals surface area contributed by atoms with Crippen molar-refractivity contribution in [3.8, 4) is 0 Å². The summed E-state index contributed by atoms with van der Waals surface area (Å²) in [6.45, 7) is 3.70. The molecule has 0 spiro atoms. The van der Waals surface area contributed by atoms with Crippen LogP contribution in [0.1, 0.15) is 22.2 Å². The van der Waals surface area contributed by atoms with E-state index in [1.807, 2.05) is 18.2 Å². The lowest BCUT2D eigenvalue weighted by Gasteiger charge is -2.34. The van der Waals surface area contributed by atoms with E-state index in [0.29, 0.717) is 17.0 Å². The first-order valence-electron chi connectivity index (χ1n) is 7.64. The van der Waals surface area contributed by atoms with Gasteiger partial charge >= 0.3 is 0 Å². The predicted octanol–water partition coefficient (Wildman–Crippen LogP) is 2.85. The Morgan fingerprint density at radius 1 is 1.17 bits per heavy atom. The summed E-state index contributed by atoms with van der Waals surface area (Å²) in [5, 5.41) is 2.97. The van der Waals surface area contributed by atoms with Gasteiger partial charge in [-0.25, -0.2) is 0 Å². The normalized spacial score (nSPS) is 16.9. The number of halogens is 1. The van der Waals surface area contributed by atoms with E-state index >= 15 is 0 Å². The molecule has 1 unspecified atom stereocenters. The van der Waals surface area contributed by atoms with E-state index in [2.05, 4.69) is 38.3 Å². The number of rotatable bonds is 5. The van der Waals surface area contributed by atoms with Crippen LogP contribution < -0.4 is 5.32 Å². The van der Waals surface area contributed by atoms with Gasteiger partial charge in [-0.2, -0.15) is 0 Å². The second-order valence-electron chi connectivity index (χ2n) is 5.39. The third-order valence-corrected chi connectivity index (χ3v) is 4.35. The zero-order chi connectivity index (χ0) is 16.1. The number of furan rings is 1. The highest BCUT2D eigenvalue weighted by Gasteiger charge is 2.23. The van der Waals surface area contributed by atoms with Crippen molar-refractivity contribution in [3.05, 3.63) is 58.5 Å². The maximum atomic E-state index is 12.2. The fourth-order valence-corrected chi connectivity index (χ4v) is 3.04. The Morgan fingerprint density at radius 3 is 2.57 bits per heavy atom. The van der Waals surface area contributed by atoms with Crippen molar-refractivity contribution in [2.45, 2.75) is 6.04 Å². The Morgan fingerprint density at radius 2 is 1.91 bits per heavy atom. The number of carbonyl (C=O) groups excluding carboxylic acids is 1. The highest BCUT2D eigenvalue weighted by molar-refractivity contribution is 9.10. The van der Waals surface area contributed by atoms with E-state index < -0.39 is 0 Å². The number of benzene rings is 1. The van der Waals surface area contributed by atoms with Gasteiger partial charge in [0.15, 0.2) is 10.4 Å². The molecule has 5 nitrogen and oxygen atoms in total. The van der Waals surface area contributed by atoms with Gasteiger partial charge in [-0.05, 0) is 33.6 Å². The first-order valence-corrected chi connectivity index (χ1v) is 8.43. The molecule has 122 valence electrons. The number of nitrogens with one attached hydrogen (secondary N) is 1. The number of ether oxygens (including phenoxy) is 1. The maximum Gasteiger partial charge on any atom is 0.287 e. The van der Waals surface area contributed by atoms with Crippen molar-refractivity contribution >= 4 is 21.8 Å². The van der Waals surface area contributed by atoms with Crippen molar-refractivity contribution in [2.24, 2.45) is 0 Å². The van der Waals surface area contributed by atoms with Gasteiger partial charge in [0.2, 0.25) is 0 Å². The van der Waals surface area contributed by atoms with Crippen LogP contribution in [0.3, 0.4) is 0 Å². The summed E-state index contributed by atoms with van der Waals surface area (Å²) in [6, 6.07) is 13.7. The van der Waals surface area contributed by atoms with Gasteiger partial charge in [0.25, 0.3) is 5.91 Å². The van der Waals surface area contributed by atoms with E-state index in [9.17, 15) is 4.79 Å². The minimum absolute atomic E-state index is 0.127. The van der Waals surface area contributed by atoms with E-state index in [4.69, 9.17) is 9.15 Å². The molecule has 1 N–H and O–H groups in total. The van der Waals surface area contributed by atoms with Crippen molar-refractivity contribution < 1.29 is 13.9 Å². The molecule has 0 aliphatic carbocycles. The molecule has 3 rings (SSSR count). The fraction of sp³-hybridized carbons (Fsp3) is 0.353. The molecule has 1 aliphatic heterocycles. The van der Waals surface area contributed by atoms with Crippen LogP contribution in [-0.2, 0) is 4.74 Å². The number of amides is 1. The molecule has 0 bridgehead atoms. The summed E-state index contributed by atoms with van der Waals surface area (Å²) in [5.74, 6) is 0.107. The van der Waals surface area contributed by atoms with Crippen LogP contribution in [0.4, 0.5) is 0 Å². The Labute approximate surface area is 143 Å². The van der Waals surface area contributed by atoms with Gasteiger partial charge in [-0.1, -0.05) is 30.3 Å². The predicted molar refractivity (Wildman–Crippen MR) is 90.3 cm³/mol. The number of nitrogens with zero attached hydrogens (tertiary/aromatic N) is 1. The van der Waals surface area contributed by atoms with Gasteiger partial charge in [0.1, 0.15) is 0 Å². The minimum atomic E-state index is -0.204. The molecule has 1 aliphatic rings. The van der Waals surface area contributed by atoms with Crippen LogP contribution in [-0.4, -0.2) is 43.7 Å². The zero-order valence-electron chi connectivity index (χ0n) is 12.7. The van der Waals surface area contributed by atoms with Gasteiger partial charge in [-0.15, -0.1) is 0 Å². The molecule has 0 radical (unpaired) electrons. The Hall–Kier alpha value is -1.63. The number of hydrogen-bond donors (Lipinski definition) is 1. The van der Waals surface area contributed by atoms with Gasteiger partial charge in [-0.3, -0.25) is 9.69 Å². The Bertz CT molecular complexity index is 638. The third kappa shape index (κ3) is 4.22. The summed E-state index contributed by atoms with van der Waals surface area (Å²) in [6.07, 6.45) is 0. The van der Waals surface area contributed by atoms with Crippen LogP contribution in [0.2, 0.25) is 0 Å². The zero-order valence-corrected chi connectivity index (χ0v) is 14.3. The largest absolute Gasteiger partial charge is 0.444 e. The molecule has 0 saturated carbocycles. The lowest BCUT2D eigenvalue weighted by molar-refractivity contribution is 0.0161. The molecule has 2 aromatic rings. The highest BCUT2D eigenvalue weighted by Crippen LogP contribution is 2.21. The summed E-state index contributed by atoms with van der Waals surface area (Å²) in [7, 11) is 0. The van der Waals surface area contributed by atoms with Gasteiger partial charge < -0.3 is 14.5 Å². The van der Waals surface area contributed by atoms with Crippen molar-refractivity contribution in [1.82, 2.24) is 10.2 Å². The summed E-state index contributed by atoms with van der Waals surface area (Å²) >= 11 is 3.21. The van der Waals surface area contributed by atoms with Crippen molar-refractivity contribution in [2.75, 3.05) is 32.8 Å². The maximum absolute atomic E-state index is 12.2. The second-order valence-corrected chi connectivity index (χ2v) is 6.17. The quantitative estimate of drug-likeness (QED) is 0.868. The molecule has 1 saturated heterocycles.